The predicted molar refractivity (Wildman–Crippen MR) is 41.8 cm³/mol. The van der Waals surface area contributed by atoms with Crippen molar-refractivity contribution in [3.8, 4) is 0 Å². The first-order valence-electron chi connectivity index (χ1n) is 2.89. The van der Waals surface area contributed by atoms with Crippen molar-refractivity contribution in [2.24, 2.45) is 0 Å². The Morgan fingerprint density at radius 3 is 2.40 bits per heavy atom. The molecule has 0 aromatic heterocycles. The van der Waals surface area contributed by atoms with E-state index in [4.69, 9.17) is 16.6 Å². The highest BCUT2D eigenvalue weighted by Gasteiger charge is 1.96. The maximum Gasteiger partial charge on any atom is 0.0827 e. The van der Waals surface area contributed by atoms with Gasteiger partial charge in [0.15, 0.2) is 0 Å². The predicted octanol–water partition coefficient (Wildman–Crippen LogP) is 2.21. The smallest absolute Gasteiger partial charge is 0.0827 e. The van der Waals surface area contributed by atoms with Crippen molar-refractivity contribution in [1.29, 1.82) is 0 Å². The number of para-hydroxylation sites is 1. The highest BCUT2D eigenvalue weighted by atomic mass is 35.5. The van der Waals surface area contributed by atoms with Gasteiger partial charge in [0.1, 0.15) is 0 Å². The van der Waals surface area contributed by atoms with Crippen LogP contribution in [0.3, 0.4) is 0 Å². The first-order chi connectivity index (χ1) is 4.84. The number of halogens is 1. The number of hydrogen-bond donors (Lipinski definition) is 0. The minimum Gasteiger partial charge on any atom is -0.261 e. The summed E-state index contributed by atoms with van der Waals surface area (Å²) in [5.74, 6) is 0. The molecule has 10 heavy (non-hydrogen) atoms. The van der Waals surface area contributed by atoms with E-state index in [0.29, 0.717) is 0 Å². The Bertz CT molecular complexity index is 190. The molecule has 0 saturated heterocycles. The molecule has 0 bridgehead atoms. The molecule has 0 heterocycles. The number of rotatable bonds is 2. The van der Waals surface area contributed by atoms with E-state index in [0.717, 1.165) is 5.69 Å². The fraction of sp³-hybridized carbons (Fsp3) is 0.143. The minimum absolute atomic E-state index is 0.826. The molecule has 3 heteroatoms. The molecule has 0 atom stereocenters. The first kappa shape index (κ1) is 7.38. The Morgan fingerprint density at radius 1 is 1.30 bits per heavy atom. The average Bonchev–Trinajstić information content (AvgIpc) is 2.05. The van der Waals surface area contributed by atoms with Gasteiger partial charge >= 0.3 is 0 Å². The van der Waals surface area contributed by atoms with Crippen molar-refractivity contribution in [2.75, 3.05) is 11.7 Å². The molecule has 1 aromatic rings. The summed E-state index contributed by atoms with van der Waals surface area (Å²) in [4.78, 5) is 4.73. The number of anilines is 1. The van der Waals surface area contributed by atoms with Crippen LogP contribution in [0.4, 0.5) is 5.69 Å². The van der Waals surface area contributed by atoms with Crippen LogP contribution in [-0.2, 0) is 4.84 Å². The molecule has 0 radical (unpaired) electrons. The number of hydrogen-bond acceptors (Lipinski definition) is 2. The topological polar surface area (TPSA) is 12.5 Å². The highest BCUT2D eigenvalue weighted by molar-refractivity contribution is 6.24. The quantitative estimate of drug-likeness (QED) is 0.482. The van der Waals surface area contributed by atoms with E-state index in [9.17, 15) is 0 Å². The Kier molecular flexibility index (Phi) is 2.54. The van der Waals surface area contributed by atoms with Crippen molar-refractivity contribution in [2.45, 2.75) is 0 Å². The second kappa shape index (κ2) is 3.44. The van der Waals surface area contributed by atoms with Crippen molar-refractivity contribution in [1.82, 2.24) is 0 Å². The second-order valence-electron chi connectivity index (χ2n) is 1.76. The van der Waals surface area contributed by atoms with Crippen LogP contribution in [0.1, 0.15) is 0 Å². The molecule has 0 aliphatic rings. The number of nitrogens with zero attached hydrogens (tertiary/aromatic N) is 1. The van der Waals surface area contributed by atoms with Gasteiger partial charge in [0.05, 0.1) is 12.8 Å². The van der Waals surface area contributed by atoms with Crippen LogP contribution in [0.15, 0.2) is 30.3 Å². The molecule has 1 rings (SSSR count). The fourth-order valence-electron chi connectivity index (χ4n) is 0.651. The van der Waals surface area contributed by atoms with Gasteiger partial charge in [-0.2, -0.15) is 4.58 Å². The summed E-state index contributed by atoms with van der Waals surface area (Å²) < 4.78 is 1.18. The van der Waals surface area contributed by atoms with Crippen molar-refractivity contribution < 1.29 is 4.84 Å². The van der Waals surface area contributed by atoms with E-state index in [1.165, 1.54) is 11.7 Å². The average molecular weight is 158 g/mol. The van der Waals surface area contributed by atoms with Crippen molar-refractivity contribution in [3.63, 3.8) is 0 Å². The molecule has 0 saturated carbocycles. The lowest BCUT2D eigenvalue weighted by molar-refractivity contribution is 0.220. The molecule has 2 nitrogen and oxygen atoms in total. The standard InChI is InChI=1S/C7H8ClNO/c1-10-9(8)7-5-3-2-4-6-7/h2-6H,1H3. The summed E-state index contributed by atoms with van der Waals surface area (Å²) in [6.07, 6.45) is 0. The fourth-order valence-corrected chi connectivity index (χ4v) is 0.763. The zero-order chi connectivity index (χ0) is 7.40. The summed E-state index contributed by atoms with van der Waals surface area (Å²) in [7, 11) is 1.51. The Labute approximate surface area is 65.0 Å². The van der Waals surface area contributed by atoms with Gasteiger partial charge in [-0.3, -0.25) is 4.84 Å². The summed E-state index contributed by atoms with van der Waals surface area (Å²) in [6, 6.07) is 9.42. The maximum absolute atomic E-state index is 5.60. The molecule has 0 fully saturated rings. The molecule has 0 amide bonds. The molecule has 0 aliphatic heterocycles. The SMILES string of the molecule is CON(Cl)c1ccccc1. The third-order valence-corrected chi connectivity index (χ3v) is 1.45. The van der Waals surface area contributed by atoms with Crippen LogP contribution in [0.25, 0.3) is 0 Å². The Hall–Kier alpha value is -0.730. The summed E-state index contributed by atoms with van der Waals surface area (Å²) >= 11 is 5.60. The van der Waals surface area contributed by atoms with Crippen LogP contribution in [0.2, 0.25) is 0 Å². The zero-order valence-electron chi connectivity index (χ0n) is 5.62. The van der Waals surface area contributed by atoms with Crippen LogP contribution >= 0.6 is 11.8 Å². The van der Waals surface area contributed by atoms with E-state index >= 15 is 0 Å². The molecule has 0 N–H and O–H groups in total. The molecular formula is C7H8ClNO. The van der Waals surface area contributed by atoms with Crippen molar-refractivity contribution in [3.05, 3.63) is 30.3 Å². The zero-order valence-corrected chi connectivity index (χ0v) is 6.38. The largest absolute Gasteiger partial charge is 0.261 e. The molecular weight excluding hydrogens is 150 g/mol. The van der Waals surface area contributed by atoms with Gasteiger partial charge in [0.2, 0.25) is 0 Å². The van der Waals surface area contributed by atoms with Gasteiger partial charge in [-0.15, -0.1) is 0 Å². The van der Waals surface area contributed by atoms with E-state index in [1.807, 2.05) is 30.3 Å². The number of benzene rings is 1. The lowest BCUT2D eigenvalue weighted by Crippen LogP contribution is -2.06. The summed E-state index contributed by atoms with van der Waals surface area (Å²) in [5, 5.41) is 0. The van der Waals surface area contributed by atoms with E-state index in [2.05, 4.69) is 0 Å². The molecule has 0 spiro atoms. The van der Waals surface area contributed by atoms with Gasteiger partial charge < -0.3 is 0 Å². The second-order valence-corrected chi connectivity index (χ2v) is 2.07. The van der Waals surface area contributed by atoms with E-state index in [-0.39, 0.29) is 0 Å². The summed E-state index contributed by atoms with van der Waals surface area (Å²) in [5.41, 5.74) is 0.826. The van der Waals surface area contributed by atoms with Gasteiger partial charge in [-0.1, -0.05) is 18.2 Å². The van der Waals surface area contributed by atoms with E-state index in [1.54, 1.807) is 0 Å². The third-order valence-electron chi connectivity index (χ3n) is 1.12. The van der Waals surface area contributed by atoms with Crippen LogP contribution < -0.4 is 4.58 Å². The van der Waals surface area contributed by atoms with Gasteiger partial charge in [-0.05, 0) is 12.1 Å². The molecule has 1 aromatic carbocycles. The lowest BCUT2D eigenvalue weighted by Gasteiger charge is -2.10. The van der Waals surface area contributed by atoms with Crippen molar-refractivity contribution >= 4 is 17.5 Å². The lowest BCUT2D eigenvalue weighted by atomic mass is 10.3. The molecule has 54 valence electrons. The molecule has 0 aliphatic carbocycles. The third kappa shape index (κ3) is 1.62. The van der Waals surface area contributed by atoms with Gasteiger partial charge in [0.25, 0.3) is 0 Å². The Balaban J connectivity index is 2.75. The van der Waals surface area contributed by atoms with E-state index < -0.39 is 0 Å². The van der Waals surface area contributed by atoms with Gasteiger partial charge in [-0.25, -0.2) is 0 Å². The first-order valence-corrected chi connectivity index (χ1v) is 3.23. The normalized spacial score (nSPS) is 9.40. The van der Waals surface area contributed by atoms with Gasteiger partial charge in [0, 0.05) is 11.8 Å². The van der Waals surface area contributed by atoms with Crippen LogP contribution in [-0.4, -0.2) is 7.11 Å². The highest BCUT2D eigenvalue weighted by Crippen LogP contribution is 2.14. The van der Waals surface area contributed by atoms with Crippen LogP contribution in [0, 0.1) is 0 Å². The maximum atomic E-state index is 5.60. The minimum atomic E-state index is 0.826. The van der Waals surface area contributed by atoms with Crippen LogP contribution in [0.5, 0.6) is 0 Å². The summed E-state index contributed by atoms with van der Waals surface area (Å²) in [6.45, 7) is 0. The molecule has 0 unspecified atom stereocenters. The Morgan fingerprint density at radius 2 is 1.90 bits per heavy atom. The monoisotopic (exact) mass is 157 g/mol.